The van der Waals surface area contributed by atoms with E-state index in [1.165, 1.54) is 25.7 Å². The zero-order chi connectivity index (χ0) is 20.9. The Bertz CT molecular complexity index is 1100. The number of carbonyl (C=O) groups is 1. The molecule has 6 heteroatoms. The van der Waals surface area contributed by atoms with E-state index in [-0.39, 0.29) is 12.5 Å². The molecule has 30 heavy (non-hydrogen) atoms. The molecule has 1 aliphatic rings. The summed E-state index contributed by atoms with van der Waals surface area (Å²) < 4.78 is 5.32. The van der Waals surface area contributed by atoms with Crippen LogP contribution in [-0.2, 0) is 6.54 Å². The molecule has 3 aromatic rings. The molecule has 0 atom stereocenters. The molecule has 152 valence electrons. The number of benzene rings is 2. The molecule has 1 fully saturated rings. The van der Waals surface area contributed by atoms with Crippen molar-refractivity contribution in [2.75, 3.05) is 0 Å². The molecule has 1 aliphatic carbocycles. The van der Waals surface area contributed by atoms with Crippen molar-refractivity contribution in [2.24, 2.45) is 5.92 Å². The third kappa shape index (κ3) is 5.05. The fourth-order valence-electron chi connectivity index (χ4n) is 3.45. The Morgan fingerprint density at radius 3 is 2.60 bits per heavy atom. The summed E-state index contributed by atoms with van der Waals surface area (Å²) >= 11 is 12.1. The molecule has 1 amide bonds. The van der Waals surface area contributed by atoms with E-state index in [9.17, 15) is 4.79 Å². The van der Waals surface area contributed by atoms with Gasteiger partial charge in [-0.1, -0.05) is 53.0 Å². The van der Waals surface area contributed by atoms with Crippen LogP contribution in [0.5, 0.6) is 0 Å². The molecule has 0 spiro atoms. The first-order valence-electron chi connectivity index (χ1n) is 9.89. The summed E-state index contributed by atoms with van der Waals surface area (Å²) in [4.78, 5) is 12.4. The number of carbonyl (C=O) groups excluding carboxylic acids is 1. The van der Waals surface area contributed by atoms with E-state index in [4.69, 9.17) is 27.7 Å². The van der Waals surface area contributed by atoms with Gasteiger partial charge in [-0.05, 0) is 55.3 Å². The van der Waals surface area contributed by atoms with E-state index >= 15 is 0 Å². The molecular weight excluding hydrogens is 419 g/mol. The van der Waals surface area contributed by atoms with Crippen LogP contribution in [0.4, 0.5) is 0 Å². The maximum absolute atomic E-state index is 12.4. The number of nitrogens with zero attached hydrogens (tertiary/aromatic N) is 1. The maximum Gasteiger partial charge on any atom is 0.251 e. The smallest absolute Gasteiger partial charge is 0.251 e. The van der Waals surface area contributed by atoms with Gasteiger partial charge in [0.1, 0.15) is 5.69 Å². The van der Waals surface area contributed by atoms with Crippen LogP contribution in [0.25, 0.3) is 11.3 Å². The zero-order valence-corrected chi connectivity index (χ0v) is 17.8. The summed E-state index contributed by atoms with van der Waals surface area (Å²) in [5, 5.41) is 7.90. The Hall–Kier alpha value is -2.74. The molecule has 1 saturated carbocycles. The second-order valence-electron chi connectivity index (χ2n) is 7.31. The minimum absolute atomic E-state index is 0.187. The lowest BCUT2D eigenvalue weighted by molar-refractivity contribution is 0.0947. The first-order valence-corrected chi connectivity index (χ1v) is 10.6. The predicted molar refractivity (Wildman–Crippen MR) is 118 cm³/mol. The van der Waals surface area contributed by atoms with Gasteiger partial charge in [0.05, 0.1) is 11.6 Å². The second-order valence-corrected chi connectivity index (χ2v) is 8.16. The molecule has 1 aromatic heterocycles. The molecule has 1 N–H and O–H groups in total. The van der Waals surface area contributed by atoms with Gasteiger partial charge < -0.3 is 9.84 Å². The third-order valence-electron chi connectivity index (χ3n) is 5.11. The molecule has 0 unspecified atom stereocenters. The Labute approximate surface area is 185 Å². The van der Waals surface area contributed by atoms with E-state index < -0.39 is 0 Å². The molecule has 0 saturated heterocycles. The van der Waals surface area contributed by atoms with Crippen molar-refractivity contribution in [3.63, 3.8) is 0 Å². The Balaban J connectivity index is 1.35. The van der Waals surface area contributed by atoms with Crippen molar-refractivity contribution < 1.29 is 9.32 Å². The van der Waals surface area contributed by atoms with E-state index in [0.717, 1.165) is 11.1 Å². The standard InChI is InChI=1S/C24H20Cl2N2O2/c25-19-11-12-21(22(26)13-19)23-14-20(30-28-23)15-27-24(29)18-9-7-17(8-10-18)6-5-16-3-1-2-4-16/h7-14,16H,1-4,15H2,(H,27,29). The maximum atomic E-state index is 12.4. The second kappa shape index (κ2) is 9.38. The van der Waals surface area contributed by atoms with Gasteiger partial charge in [-0.2, -0.15) is 0 Å². The molecule has 2 aromatic carbocycles. The van der Waals surface area contributed by atoms with Crippen molar-refractivity contribution in [2.45, 2.75) is 32.2 Å². The largest absolute Gasteiger partial charge is 0.359 e. The lowest BCUT2D eigenvalue weighted by atomic mass is 10.1. The lowest BCUT2D eigenvalue weighted by Crippen LogP contribution is -2.22. The highest BCUT2D eigenvalue weighted by Crippen LogP contribution is 2.30. The first kappa shape index (κ1) is 20.5. The molecule has 4 nitrogen and oxygen atoms in total. The summed E-state index contributed by atoms with van der Waals surface area (Å²) in [6.45, 7) is 0.222. The number of hydrogen-bond donors (Lipinski definition) is 1. The number of hydrogen-bond acceptors (Lipinski definition) is 3. The van der Waals surface area contributed by atoms with E-state index in [0.29, 0.717) is 33.0 Å². The highest BCUT2D eigenvalue weighted by Gasteiger charge is 2.13. The van der Waals surface area contributed by atoms with E-state index in [2.05, 4.69) is 22.3 Å². The van der Waals surface area contributed by atoms with Gasteiger partial charge in [0.15, 0.2) is 5.76 Å². The van der Waals surface area contributed by atoms with Gasteiger partial charge in [0.2, 0.25) is 0 Å². The SMILES string of the molecule is O=C(NCc1cc(-c2ccc(Cl)cc2Cl)no1)c1ccc(C#CC2CCCC2)cc1. The third-order valence-corrected chi connectivity index (χ3v) is 5.66. The van der Waals surface area contributed by atoms with Crippen molar-refractivity contribution in [1.82, 2.24) is 10.5 Å². The zero-order valence-electron chi connectivity index (χ0n) is 16.3. The van der Waals surface area contributed by atoms with Crippen LogP contribution >= 0.6 is 23.2 Å². The van der Waals surface area contributed by atoms with Gasteiger partial charge in [-0.3, -0.25) is 4.79 Å². The predicted octanol–water partition coefficient (Wildman–Crippen LogP) is 6.12. The minimum atomic E-state index is -0.187. The molecular formula is C24H20Cl2N2O2. The van der Waals surface area contributed by atoms with Crippen LogP contribution in [0, 0.1) is 17.8 Å². The molecule has 4 rings (SSSR count). The van der Waals surface area contributed by atoms with Crippen LogP contribution in [0.15, 0.2) is 53.1 Å². The van der Waals surface area contributed by atoms with Crippen molar-refractivity contribution >= 4 is 29.1 Å². The van der Waals surface area contributed by atoms with Crippen LogP contribution in [0.3, 0.4) is 0 Å². The average Bonchev–Trinajstić information content (AvgIpc) is 3.43. The van der Waals surface area contributed by atoms with Gasteiger partial charge in [0.25, 0.3) is 5.91 Å². The van der Waals surface area contributed by atoms with Crippen molar-refractivity contribution in [3.8, 4) is 23.1 Å². The fraction of sp³-hybridized carbons (Fsp3) is 0.250. The van der Waals surface area contributed by atoms with Crippen molar-refractivity contribution in [1.29, 1.82) is 0 Å². The van der Waals surface area contributed by atoms with Crippen LogP contribution in [0.2, 0.25) is 10.0 Å². The summed E-state index contributed by atoms with van der Waals surface area (Å²) in [5.41, 5.74) is 2.81. The Morgan fingerprint density at radius 1 is 1.10 bits per heavy atom. The topological polar surface area (TPSA) is 55.1 Å². The van der Waals surface area contributed by atoms with E-state index in [1.54, 1.807) is 36.4 Å². The summed E-state index contributed by atoms with van der Waals surface area (Å²) in [5.74, 6) is 7.40. The molecule has 0 bridgehead atoms. The van der Waals surface area contributed by atoms with E-state index in [1.807, 2.05) is 12.1 Å². The number of aromatic nitrogens is 1. The Morgan fingerprint density at radius 2 is 1.87 bits per heavy atom. The number of amides is 1. The number of rotatable bonds is 4. The van der Waals surface area contributed by atoms with Gasteiger partial charge >= 0.3 is 0 Å². The molecule has 0 radical (unpaired) electrons. The van der Waals surface area contributed by atoms with Gasteiger partial charge in [0, 0.05) is 33.7 Å². The van der Waals surface area contributed by atoms with Crippen LogP contribution < -0.4 is 5.32 Å². The van der Waals surface area contributed by atoms with Gasteiger partial charge in [-0.25, -0.2) is 0 Å². The average molecular weight is 439 g/mol. The summed E-state index contributed by atoms with van der Waals surface area (Å²) in [6.07, 6.45) is 4.94. The Kier molecular flexibility index (Phi) is 6.42. The highest BCUT2D eigenvalue weighted by molar-refractivity contribution is 6.36. The quantitative estimate of drug-likeness (QED) is 0.499. The van der Waals surface area contributed by atoms with Gasteiger partial charge in [-0.15, -0.1) is 0 Å². The summed E-state index contributed by atoms with van der Waals surface area (Å²) in [6, 6.07) is 14.2. The number of nitrogens with one attached hydrogen (secondary N) is 1. The van der Waals surface area contributed by atoms with Crippen molar-refractivity contribution in [3.05, 3.63) is 75.5 Å². The fourth-order valence-corrected chi connectivity index (χ4v) is 3.96. The molecule has 1 heterocycles. The lowest BCUT2D eigenvalue weighted by Gasteiger charge is -2.03. The first-order chi connectivity index (χ1) is 14.6. The van der Waals surface area contributed by atoms with Crippen LogP contribution in [-0.4, -0.2) is 11.1 Å². The monoisotopic (exact) mass is 438 g/mol. The molecule has 0 aliphatic heterocycles. The number of halogens is 2. The minimum Gasteiger partial charge on any atom is -0.359 e. The van der Waals surface area contributed by atoms with Crippen LogP contribution in [0.1, 0.15) is 47.4 Å². The normalized spacial score (nSPS) is 13.7. The summed E-state index contributed by atoms with van der Waals surface area (Å²) in [7, 11) is 0. The highest BCUT2D eigenvalue weighted by atomic mass is 35.5.